The molecular weight excluding hydrogens is 396 g/mol. The zero-order valence-corrected chi connectivity index (χ0v) is 16.2. The van der Waals surface area contributed by atoms with Crippen LogP contribution in [0.2, 0.25) is 0 Å². The van der Waals surface area contributed by atoms with E-state index in [1.165, 1.54) is 6.07 Å². The van der Waals surface area contributed by atoms with E-state index < -0.39 is 0 Å². The first-order chi connectivity index (χ1) is 10.1. The van der Waals surface area contributed by atoms with Crippen molar-refractivity contribution in [3.05, 3.63) is 29.6 Å². The van der Waals surface area contributed by atoms with Crippen molar-refractivity contribution >= 4 is 29.9 Å². The van der Waals surface area contributed by atoms with Crippen molar-refractivity contribution in [3.8, 4) is 5.75 Å². The van der Waals surface area contributed by atoms with E-state index in [1.54, 1.807) is 13.1 Å². The van der Waals surface area contributed by atoms with Gasteiger partial charge in [-0.1, -0.05) is 19.4 Å². The van der Waals surface area contributed by atoms with Gasteiger partial charge in [-0.25, -0.2) is 4.39 Å². The monoisotopic (exact) mass is 423 g/mol. The lowest BCUT2D eigenvalue weighted by Gasteiger charge is -2.22. The van der Waals surface area contributed by atoms with Crippen LogP contribution < -0.4 is 10.1 Å². The van der Waals surface area contributed by atoms with Crippen LogP contribution in [0.4, 0.5) is 4.39 Å². The standard InChI is InChI=1S/C16H26FN3O.HI/c1-5-7-10-20(4)16(18-3)19-12-13-8-9-15(21-6-2)14(17)11-13;/h8-9,11H,5-7,10,12H2,1-4H3,(H,18,19);1H. The first-order valence-corrected chi connectivity index (χ1v) is 7.45. The van der Waals surface area contributed by atoms with Crippen LogP contribution in [-0.2, 0) is 6.54 Å². The predicted molar refractivity (Wildman–Crippen MR) is 101 cm³/mol. The molecule has 126 valence electrons. The molecule has 22 heavy (non-hydrogen) atoms. The van der Waals surface area contributed by atoms with Crippen LogP contribution in [0.3, 0.4) is 0 Å². The molecule has 0 saturated heterocycles. The molecule has 0 aliphatic carbocycles. The molecule has 0 aliphatic rings. The largest absolute Gasteiger partial charge is 0.491 e. The van der Waals surface area contributed by atoms with Gasteiger partial charge in [-0.2, -0.15) is 0 Å². The summed E-state index contributed by atoms with van der Waals surface area (Å²) >= 11 is 0. The average molecular weight is 423 g/mol. The number of hydrogen-bond acceptors (Lipinski definition) is 2. The second-order valence-corrected chi connectivity index (χ2v) is 4.87. The molecule has 0 amide bonds. The van der Waals surface area contributed by atoms with Gasteiger partial charge in [-0.15, -0.1) is 24.0 Å². The summed E-state index contributed by atoms with van der Waals surface area (Å²) in [5.41, 5.74) is 0.862. The van der Waals surface area contributed by atoms with Crippen molar-refractivity contribution < 1.29 is 9.13 Å². The Hall–Kier alpha value is -1.05. The number of nitrogens with zero attached hydrogens (tertiary/aromatic N) is 2. The first-order valence-electron chi connectivity index (χ1n) is 7.45. The smallest absolute Gasteiger partial charge is 0.193 e. The lowest BCUT2D eigenvalue weighted by molar-refractivity contribution is 0.321. The number of aliphatic imine (C=N–C) groups is 1. The highest BCUT2D eigenvalue weighted by molar-refractivity contribution is 14.0. The molecule has 0 aliphatic heterocycles. The van der Waals surface area contributed by atoms with E-state index in [0.717, 1.165) is 30.9 Å². The lowest BCUT2D eigenvalue weighted by atomic mass is 10.2. The second-order valence-electron chi connectivity index (χ2n) is 4.87. The minimum Gasteiger partial charge on any atom is -0.491 e. The normalized spacial score (nSPS) is 10.9. The minimum atomic E-state index is -0.328. The number of benzene rings is 1. The Balaban J connectivity index is 0.00000441. The van der Waals surface area contributed by atoms with Crippen LogP contribution in [0.25, 0.3) is 0 Å². The number of guanidine groups is 1. The van der Waals surface area contributed by atoms with Gasteiger partial charge in [0, 0.05) is 27.2 Å². The van der Waals surface area contributed by atoms with E-state index in [1.807, 2.05) is 20.0 Å². The van der Waals surface area contributed by atoms with Crippen LogP contribution in [-0.4, -0.2) is 38.1 Å². The Labute approximate surface area is 150 Å². The lowest BCUT2D eigenvalue weighted by Crippen LogP contribution is -2.38. The van der Waals surface area contributed by atoms with Gasteiger partial charge < -0.3 is 15.0 Å². The molecule has 1 N–H and O–H groups in total. The maximum atomic E-state index is 13.8. The Morgan fingerprint density at radius 2 is 2.09 bits per heavy atom. The maximum absolute atomic E-state index is 13.8. The molecule has 0 saturated carbocycles. The van der Waals surface area contributed by atoms with Crippen LogP contribution in [0, 0.1) is 5.82 Å². The van der Waals surface area contributed by atoms with Crippen LogP contribution in [0.15, 0.2) is 23.2 Å². The first kappa shape index (κ1) is 20.9. The van der Waals surface area contributed by atoms with Crippen molar-refractivity contribution in [1.29, 1.82) is 0 Å². The highest BCUT2D eigenvalue weighted by Crippen LogP contribution is 2.18. The average Bonchev–Trinajstić information content (AvgIpc) is 2.48. The molecule has 1 aromatic carbocycles. The molecule has 4 nitrogen and oxygen atoms in total. The fraction of sp³-hybridized carbons (Fsp3) is 0.562. The maximum Gasteiger partial charge on any atom is 0.193 e. The summed E-state index contributed by atoms with van der Waals surface area (Å²) in [7, 11) is 3.76. The van der Waals surface area contributed by atoms with Crippen molar-refractivity contribution in [3.63, 3.8) is 0 Å². The van der Waals surface area contributed by atoms with Crippen LogP contribution in [0.5, 0.6) is 5.75 Å². The highest BCUT2D eigenvalue weighted by Gasteiger charge is 2.07. The van der Waals surface area contributed by atoms with Crippen molar-refractivity contribution in [2.75, 3.05) is 27.2 Å². The molecule has 0 fully saturated rings. The summed E-state index contributed by atoms with van der Waals surface area (Å²) in [5, 5.41) is 3.24. The third-order valence-corrected chi connectivity index (χ3v) is 3.17. The Morgan fingerprint density at radius 1 is 1.36 bits per heavy atom. The molecule has 6 heteroatoms. The van der Waals surface area contributed by atoms with Gasteiger partial charge in [0.05, 0.1) is 6.61 Å². The van der Waals surface area contributed by atoms with Crippen molar-refractivity contribution in [1.82, 2.24) is 10.2 Å². The molecule has 0 spiro atoms. The number of unbranched alkanes of at least 4 members (excludes halogenated alkanes) is 1. The molecule has 0 radical (unpaired) electrons. The van der Waals surface area contributed by atoms with E-state index >= 15 is 0 Å². The number of nitrogens with one attached hydrogen (secondary N) is 1. The summed E-state index contributed by atoms with van der Waals surface area (Å²) < 4.78 is 19.0. The molecule has 0 bridgehead atoms. The van der Waals surface area contributed by atoms with Crippen LogP contribution in [0.1, 0.15) is 32.3 Å². The molecule has 1 aromatic rings. The second kappa shape index (κ2) is 11.5. The van der Waals surface area contributed by atoms with E-state index in [2.05, 4.69) is 22.1 Å². The summed E-state index contributed by atoms with van der Waals surface area (Å²) in [6.45, 7) is 5.95. The van der Waals surface area contributed by atoms with Gasteiger partial charge in [-0.05, 0) is 31.0 Å². The molecule has 0 aromatic heterocycles. The topological polar surface area (TPSA) is 36.9 Å². The van der Waals surface area contributed by atoms with Crippen molar-refractivity contribution in [2.24, 2.45) is 4.99 Å². The van der Waals surface area contributed by atoms with Gasteiger partial charge in [0.2, 0.25) is 0 Å². The van der Waals surface area contributed by atoms with E-state index in [-0.39, 0.29) is 29.8 Å². The third-order valence-electron chi connectivity index (χ3n) is 3.17. The fourth-order valence-electron chi connectivity index (χ4n) is 1.99. The van der Waals surface area contributed by atoms with Gasteiger partial charge in [0.1, 0.15) is 0 Å². The van der Waals surface area contributed by atoms with Crippen molar-refractivity contribution in [2.45, 2.75) is 33.2 Å². The molecule has 0 heterocycles. The Morgan fingerprint density at radius 3 is 2.64 bits per heavy atom. The zero-order chi connectivity index (χ0) is 15.7. The zero-order valence-electron chi connectivity index (χ0n) is 13.9. The SMILES string of the molecule is CCCCN(C)C(=NC)NCc1ccc(OCC)c(F)c1.I. The highest BCUT2D eigenvalue weighted by atomic mass is 127. The van der Waals surface area contributed by atoms with Crippen LogP contribution >= 0.6 is 24.0 Å². The van der Waals surface area contributed by atoms with Gasteiger partial charge in [0.15, 0.2) is 17.5 Å². The Bertz CT molecular complexity index is 469. The predicted octanol–water partition coefficient (Wildman–Crippen LogP) is 3.65. The quantitative estimate of drug-likeness (QED) is 0.413. The van der Waals surface area contributed by atoms with Gasteiger partial charge >= 0.3 is 0 Å². The number of hydrogen-bond donors (Lipinski definition) is 1. The van der Waals surface area contributed by atoms with E-state index in [0.29, 0.717) is 18.9 Å². The number of rotatable bonds is 7. The van der Waals surface area contributed by atoms with Gasteiger partial charge in [-0.3, -0.25) is 4.99 Å². The molecule has 0 unspecified atom stereocenters. The number of halogens is 2. The number of ether oxygens (including phenoxy) is 1. The third kappa shape index (κ3) is 6.81. The summed E-state index contributed by atoms with van der Waals surface area (Å²) in [6, 6.07) is 5.02. The summed E-state index contributed by atoms with van der Waals surface area (Å²) in [4.78, 5) is 6.32. The van der Waals surface area contributed by atoms with Gasteiger partial charge in [0.25, 0.3) is 0 Å². The Kier molecular flexibility index (Phi) is 11.0. The van der Waals surface area contributed by atoms with E-state index in [4.69, 9.17) is 4.74 Å². The fourth-order valence-corrected chi connectivity index (χ4v) is 1.99. The van der Waals surface area contributed by atoms with E-state index in [9.17, 15) is 4.39 Å². The molecular formula is C16H27FIN3O. The minimum absolute atomic E-state index is 0. The summed E-state index contributed by atoms with van der Waals surface area (Å²) in [6.07, 6.45) is 2.26. The summed E-state index contributed by atoms with van der Waals surface area (Å²) in [5.74, 6) is 0.786. The molecule has 0 atom stereocenters. The molecule has 1 rings (SSSR count).